The van der Waals surface area contributed by atoms with Gasteiger partial charge in [-0.2, -0.15) is 5.10 Å². The van der Waals surface area contributed by atoms with Gasteiger partial charge in [0.25, 0.3) is 0 Å². The molecule has 0 spiro atoms. The van der Waals surface area contributed by atoms with Crippen molar-refractivity contribution in [3.8, 4) is 22.8 Å². The van der Waals surface area contributed by atoms with E-state index in [1.54, 1.807) is 6.08 Å². The Hall–Kier alpha value is -4.24. The molecular formula is C26H27N7O2. The van der Waals surface area contributed by atoms with E-state index in [1.165, 1.54) is 6.33 Å². The lowest BCUT2D eigenvalue weighted by Crippen LogP contribution is -2.27. The van der Waals surface area contributed by atoms with Crippen LogP contribution in [0.25, 0.3) is 22.3 Å². The van der Waals surface area contributed by atoms with Gasteiger partial charge in [0, 0.05) is 31.3 Å². The molecule has 2 aromatic heterocycles. The summed E-state index contributed by atoms with van der Waals surface area (Å²) in [4.78, 5) is 23.1. The van der Waals surface area contributed by atoms with Crippen LogP contribution in [0, 0.1) is 0 Å². The number of carbonyl (C=O) groups is 1. The number of hydrogen-bond donors (Lipinski definition) is 2. The molecule has 178 valence electrons. The van der Waals surface area contributed by atoms with Crippen molar-refractivity contribution < 1.29 is 9.53 Å². The minimum Gasteiger partial charge on any atom is -0.457 e. The lowest BCUT2D eigenvalue weighted by atomic mass is 10.1. The van der Waals surface area contributed by atoms with Crippen molar-refractivity contribution in [2.45, 2.75) is 12.5 Å². The van der Waals surface area contributed by atoms with Crippen molar-refractivity contribution in [1.82, 2.24) is 30.0 Å². The number of rotatable bonds is 7. The minimum absolute atomic E-state index is 0.00239. The number of amides is 1. The van der Waals surface area contributed by atoms with Gasteiger partial charge in [-0.25, -0.2) is 14.6 Å². The number of nitrogens with two attached hydrogens (primary N) is 1. The Morgan fingerprint density at radius 1 is 1.14 bits per heavy atom. The minimum atomic E-state index is 0.00239. The molecule has 9 nitrogen and oxygen atoms in total. The monoisotopic (exact) mass is 469 g/mol. The number of hydrogen-bond acceptors (Lipinski definition) is 7. The third kappa shape index (κ3) is 4.71. The number of carbonyl (C=O) groups excluding carboxylic acids is 1. The summed E-state index contributed by atoms with van der Waals surface area (Å²) in [6.07, 6.45) is 5.69. The lowest BCUT2D eigenvalue weighted by molar-refractivity contribution is -0.125. The topological polar surface area (TPSA) is 111 Å². The normalized spacial score (nSPS) is 15.8. The average Bonchev–Trinajstić information content (AvgIpc) is 3.51. The van der Waals surface area contributed by atoms with Crippen LogP contribution in [-0.4, -0.2) is 57.2 Å². The van der Waals surface area contributed by atoms with Crippen molar-refractivity contribution in [3.05, 3.63) is 73.1 Å². The van der Waals surface area contributed by atoms with Gasteiger partial charge in [-0.15, -0.1) is 0 Å². The van der Waals surface area contributed by atoms with E-state index in [0.29, 0.717) is 42.2 Å². The highest BCUT2D eigenvalue weighted by Gasteiger charge is 2.30. The Bertz CT molecular complexity index is 1350. The van der Waals surface area contributed by atoms with Gasteiger partial charge in [-0.1, -0.05) is 24.3 Å². The number of likely N-dealkylation sites (N-methyl/N-ethyl adjacent to an activating group) is 1. The second kappa shape index (κ2) is 9.94. The van der Waals surface area contributed by atoms with Crippen LogP contribution in [0.1, 0.15) is 12.5 Å². The number of nitrogen functional groups attached to an aromatic ring is 1. The first kappa shape index (κ1) is 22.5. The molecule has 4 aromatic rings. The van der Waals surface area contributed by atoms with Gasteiger partial charge < -0.3 is 20.7 Å². The molecule has 1 aliphatic rings. The molecule has 0 aliphatic carbocycles. The van der Waals surface area contributed by atoms with Gasteiger partial charge in [-0.3, -0.25) is 4.79 Å². The molecular weight excluding hydrogens is 442 g/mol. The van der Waals surface area contributed by atoms with E-state index in [4.69, 9.17) is 15.6 Å². The fourth-order valence-corrected chi connectivity index (χ4v) is 4.28. The first-order valence-electron chi connectivity index (χ1n) is 11.6. The Morgan fingerprint density at radius 3 is 2.69 bits per heavy atom. The first-order chi connectivity index (χ1) is 17.1. The van der Waals surface area contributed by atoms with Crippen LogP contribution in [0.5, 0.6) is 11.5 Å². The molecule has 0 saturated carbocycles. The number of para-hydroxylation sites is 1. The van der Waals surface area contributed by atoms with Crippen LogP contribution in [0.4, 0.5) is 5.82 Å². The number of ether oxygens (including phenoxy) is 1. The molecule has 1 amide bonds. The van der Waals surface area contributed by atoms with Crippen LogP contribution in [-0.2, 0) is 4.79 Å². The summed E-state index contributed by atoms with van der Waals surface area (Å²) in [7, 11) is 1.85. The molecule has 1 saturated heterocycles. The highest BCUT2D eigenvalue weighted by Crippen LogP contribution is 2.35. The SMILES string of the molecule is CNC/C=C/C(=O)N1CCC(n2nc(-c3ccc(Oc4ccccc4)cc3)c3c(N)ncnc32)C1. The summed E-state index contributed by atoms with van der Waals surface area (Å²) in [6, 6.07) is 17.3. The van der Waals surface area contributed by atoms with Gasteiger partial charge in [0.2, 0.25) is 5.91 Å². The summed E-state index contributed by atoms with van der Waals surface area (Å²) < 4.78 is 7.80. The lowest BCUT2D eigenvalue weighted by Gasteiger charge is -2.15. The zero-order valence-electron chi connectivity index (χ0n) is 19.5. The average molecular weight is 470 g/mol. The quantitative estimate of drug-likeness (QED) is 0.399. The second-order valence-electron chi connectivity index (χ2n) is 8.38. The Morgan fingerprint density at radius 2 is 1.91 bits per heavy atom. The number of anilines is 1. The molecule has 1 aliphatic heterocycles. The molecule has 2 aromatic carbocycles. The highest BCUT2D eigenvalue weighted by molar-refractivity contribution is 5.98. The molecule has 1 unspecified atom stereocenters. The van der Waals surface area contributed by atoms with Crippen molar-refractivity contribution in [2.24, 2.45) is 0 Å². The first-order valence-corrected chi connectivity index (χ1v) is 11.6. The summed E-state index contributed by atoms with van der Waals surface area (Å²) >= 11 is 0. The van der Waals surface area contributed by atoms with E-state index >= 15 is 0 Å². The van der Waals surface area contributed by atoms with E-state index in [2.05, 4.69) is 15.3 Å². The Labute approximate surface area is 203 Å². The predicted octanol–water partition coefficient (Wildman–Crippen LogP) is 3.42. The van der Waals surface area contributed by atoms with Crippen molar-refractivity contribution in [3.63, 3.8) is 0 Å². The zero-order valence-corrected chi connectivity index (χ0v) is 19.5. The maximum Gasteiger partial charge on any atom is 0.246 e. The number of likely N-dealkylation sites (tertiary alicyclic amines) is 1. The number of aromatic nitrogens is 4. The maximum absolute atomic E-state index is 12.5. The van der Waals surface area contributed by atoms with Crippen LogP contribution in [0.15, 0.2) is 73.1 Å². The molecule has 9 heteroatoms. The van der Waals surface area contributed by atoms with E-state index in [-0.39, 0.29) is 11.9 Å². The maximum atomic E-state index is 12.5. The van der Waals surface area contributed by atoms with Crippen molar-refractivity contribution in [1.29, 1.82) is 0 Å². The van der Waals surface area contributed by atoms with Crippen LogP contribution in [0.3, 0.4) is 0 Å². The van der Waals surface area contributed by atoms with Crippen molar-refractivity contribution in [2.75, 3.05) is 32.4 Å². The summed E-state index contributed by atoms with van der Waals surface area (Å²) in [6.45, 7) is 1.88. The fraction of sp³-hybridized carbons (Fsp3) is 0.231. The zero-order chi connectivity index (χ0) is 24.2. The Balaban J connectivity index is 1.42. The number of fused-ring (bicyclic) bond motifs is 1. The van der Waals surface area contributed by atoms with Gasteiger partial charge in [0.05, 0.1) is 11.4 Å². The van der Waals surface area contributed by atoms with Gasteiger partial charge >= 0.3 is 0 Å². The standard InChI is InChI=1S/C26H27N7O2/c1-28-14-5-8-22(34)32-15-13-19(16-32)33-26-23(25(27)29-17-30-26)24(31-33)18-9-11-21(12-10-18)35-20-6-3-2-4-7-20/h2-12,17,19,28H,13-16H2,1H3,(H2,27,29,30)/b8-5+. The summed E-state index contributed by atoms with van der Waals surface area (Å²) in [5.74, 6) is 1.88. The Kier molecular flexibility index (Phi) is 6.40. The van der Waals surface area contributed by atoms with Crippen LogP contribution >= 0.6 is 0 Å². The summed E-state index contributed by atoms with van der Waals surface area (Å²) in [5.41, 5.74) is 8.54. The van der Waals surface area contributed by atoms with Crippen LogP contribution < -0.4 is 15.8 Å². The largest absolute Gasteiger partial charge is 0.457 e. The van der Waals surface area contributed by atoms with E-state index in [0.717, 1.165) is 23.5 Å². The van der Waals surface area contributed by atoms with E-state index in [9.17, 15) is 4.79 Å². The molecule has 0 bridgehead atoms. The van der Waals surface area contributed by atoms with Gasteiger partial charge in [0.1, 0.15) is 29.3 Å². The molecule has 3 N–H and O–H groups in total. The summed E-state index contributed by atoms with van der Waals surface area (Å²) in [5, 5.41) is 8.63. The van der Waals surface area contributed by atoms with Crippen LogP contribution in [0.2, 0.25) is 0 Å². The molecule has 1 atom stereocenters. The molecule has 1 fully saturated rings. The fourth-order valence-electron chi connectivity index (χ4n) is 4.28. The van der Waals surface area contributed by atoms with Gasteiger partial charge in [-0.05, 0) is 49.9 Å². The highest BCUT2D eigenvalue weighted by atomic mass is 16.5. The van der Waals surface area contributed by atoms with Crippen molar-refractivity contribution >= 4 is 22.8 Å². The number of benzene rings is 2. The van der Waals surface area contributed by atoms with E-state index in [1.807, 2.05) is 77.3 Å². The third-order valence-electron chi connectivity index (χ3n) is 6.03. The second-order valence-corrected chi connectivity index (χ2v) is 8.38. The molecule has 35 heavy (non-hydrogen) atoms. The predicted molar refractivity (Wildman–Crippen MR) is 135 cm³/mol. The van der Waals surface area contributed by atoms with E-state index < -0.39 is 0 Å². The number of nitrogens with zero attached hydrogens (tertiary/aromatic N) is 5. The molecule has 5 rings (SSSR count). The molecule has 0 radical (unpaired) electrons. The number of nitrogens with one attached hydrogen (secondary N) is 1. The smallest absolute Gasteiger partial charge is 0.246 e. The molecule has 3 heterocycles. The van der Waals surface area contributed by atoms with Gasteiger partial charge in [0.15, 0.2) is 5.65 Å². The third-order valence-corrected chi connectivity index (χ3v) is 6.03.